The third kappa shape index (κ3) is 2.23. The molecule has 4 heteroatoms. The normalized spacial score (nSPS) is 19.2. The van der Waals surface area contributed by atoms with Gasteiger partial charge in [0.05, 0.1) is 12.7 Å². The summed E-state index contributed by atoms with van der Waals surface area (Å²) in [4.78, 5) is 2.35. The Morgan fingerprint density at radius 2 is 2.00 bits per heavy atom. The molecule has 0 aromatic heterocycles. The number of nitrogen functional groups attached to an aromatic ring is 1. The minimum atomic E-state index is 0.114. The van der Waals surface area contributed by atoms with E-state index in [1.54, 1.807) is 0 Å². The molecular weight excluding hydrogens is 250 g/mol. The van der Waals surface area contributed by atoms with Crippen molar-refractivity contribution in [3.63, 3.8) is 0 Å². The molecule has 0 aliphatic carbocycles. The van der Waals surface area contributed by atoms with Gasteiger partial charge in [0.2, 0.25) is 0 Å². The van der Waals surface area contributed by atoms with E-state index in [1.165, 1.54) is 5.69 Å². The molecule has 2 aromatic rings. The molecule has 1 heterocycles. The van der Waals surface area contributed by atoms with Crippen LogP contribution in [0.15, 0.2) is 36.4 Å². The number of hydrogen-bond acceptors (Lipinski definition) is 3. The van der Waals surface area contributed by atoms with Gasteiger partial charge in [0, 0.05) is 29.7 Å². The molecule has 0 saturated carbocycles. The van der Waals surface area contributed by atoms with Crippen LogP contribution in [0.4, 0.5) is 5.69 Å². The Balaban J connectivity index is 2.12. The van der Waals surface area contributed by atoms with Gasteiger partial charge in [0.15, 0.2) is 0 Å². The predicted molar refractivity (Wildman–Crippen MR) is 82.6 cm³/mol. The van der Waals surface area contributed by atoms with Crippen LogP contribution in [0.5, 0.6) is 0 Å². The van der Waals surface area contributed by atoms with E-state index in [9.17, 15) is 0 Å². The summed E-state index contributed by atoms with van der Waals surface area (Å²) in [6.07, 6.45) is 0.245. The first-order valence-electron chi connectivity index (χ1n) is 6.89. The maximum absolute atomic E-state index is 7.71. The lowest BCUT2D eigenvalue weighted by molar-refractivity contribution is 0.0533. The van der Waals surface area contributed by atoms with Crippen molar-refractivity contribution in [3.8, 4) is 0 Å². The van der Waals surface area contributed by atoms with Crippen LogP contribution in [0, 0.1) is 5.41 Å². The molecule has 0 spiro atoms. The van der Waals surface area contributed by atoms with E-state index in [2.05, 4.69) is 24.0 Å². The monoisotopic (exact) mass is 269 g/mol. The molecule has 0 amide bonds. The fourth-order valence-electron chi connectivity index (χ4n) is 2.83. The molecule has 3 rings (SSSR count). The number of benzene rings is 2. The SMILES string of the molecule is CC1CN(c2ccc(C(=N)N)c3ccccc23)CCO1. The Morgan fingerprint density at radius 3 is 2.70 bits per heavy atom. The maximum atomic E-state index is 7.71. The summed E-state index contributed by atoms with van der Waals surface area (Å²) in [5, 5.41) is 9.89. The van der Waals surface area contributed by atoms with Crippen molar-refractivity contribution in [1.82, 2.24) is 0 Å². The van der Waals surface area contributed by atoms with E-state index in [4.69, 9.17) is 15.9 Å². The quantitative estimate of drug-likeness (QED) is 0.650. The summed E-state index contributed by atoms with van der Waals surface area (Å²) >= 11 is 0. The van der Waals surface area contributed by atoms with Gasteiger partial charge in [-0.15, -0.1) is 0 Å². The first-order chi connectivity index (χ1) is 9.66. The van der Waals surface area contributed by atoms with Crippen molar-refractivity contribution >= 4 is 22.3 Å². The highest BCUT2D eigenvalue weighted by Gasteiger charge is 2.19. The number of rotatable bonds is 2. The molecule has 3 N–H and O–H groups in total. The second kappa shape index (κ2) is 5.13. The fraction of sp³-hybridized carbons (Fsp3) is 0.312. The van der Waals surface area contributed by atoms with Crippen molar-refractivity contribution < 1.29 is 4.74 Å². The minimum Gasteiger partial charge on any atom is -0.384 e. The lowest BCUT2D eigenvalue weighted by atomic mass is 10.0. The third-order valence-electron chi connectivity index (χ3n) is 3.77. The number of nitrogens with zero attached hydrogens (tertiary/aromatic N) is 1. The number of nitrogens with two attached hydrogens (primary N) is 1. The van der Waals surface area contributed by atoms with Gasteiger partial charge in [-0.3, -0.25) is 5.41 Å². The molecule has 1 saturated heterocycles. The number of morpholine rings is 1. The van der Waals surface area contributed by atoms with Crippen LogP contribution >= 0.6 is 0 Å². The number of ether oxygens (including phenoxy) is 1. The molecule has 0 radical (unpaired) electrons. The predicted octanol–water partition coefficient (Wildman–Crippen LogP) is 2.35. The number of amidine groups is 1. The Morgan fingerprint density at radius 1 is 1.25 bits per heavy atom. The van der Waals surface area contributed by atoms with Crippen molar-refractivity contribution in [1.29, 1.82) is 5.41 Å². The van der Waals surface area contributed by atoms with E-state index in [-0.39, 0.29) is 11.9 Å². The lowest BCUT2D eigenvalue weighted by Crippen LogP contribution is -2.41. The summed E-state index contributed by atoms with van der Waals surface area (Å²) in [6, 6.07) is 12.1. The molecular formula is C16H19N3O. The number of hydrogen-bond donors (Lipinski definition) is 2. The molecule has 2 aromatic carbocycles. The third-order valence-corrected chi connectivity index (χ3v) is 3.77. The van der Waals surface area contributed by atoms with Crippen LogP contribution in [0.1, 0.15) is 12.5 Å². The largest absolute Gasteiger partial charge is 0.384 e. The smallest absolute Gasteiger partial charge is 0.123 e. The second-order valence-corrected chi connectivity index (χ2v) is 5.22. The van der Waals surface area contributed by atoms with Crippen LogP contribution in [-0.4, -0.2) is 31.6 Å². The summed E-state index contributed by atoms with van der Waals surface area (Å²) in [5.74, 6) is 0.114. The molecule has 1 atom stereocenters. The number of anilines is 1. The fourth-order valence-corrected chi connectivity index (χ4v) is 2.83. The lowest BCUT2D eigenvalue weighted by Gasteiger charge is -2.34. The molecule has 1 fully saturated rings. The molecule has 1 aliphatic heterocycles. The Hall–Kier alpha value is -2.07. The van der Waals surface area contributed by atoms with Gasteiger partial charge < -0.3 is 15.4 Å². The van der Waals surface area contributed by atoms with Gasteiger partial charge in [0.25, 0.3) is 0 Å². The highest BCUT2D eigenvalue weighted by atomic mass is 16.5. The summed E-state index contributed by atoms with van der Waals surface area (Å²) < 4.78 is 5.61. The minimum absolute atomic E-state index is 0.114. The van der Waals surface area contributed by atoms with Gasteiger partial charge in [-0.05, 0) is 24.4 Å². The van der Waals surface area contributed by atoms with Crippen molar-refractivity contribution in [3.05, 3.63) is 42.0 Å². The van der Waals surface area contributed by atoms with Gasteiger partial charge in [-0.25, -0.2) is 0 Å². The molecule has 0 bridgehead atoms. The average molecular weight is 269 g/mol. The molecule has 1 unspecified atom stereocenters. The topological polar surface area (TPSA) is 62.3 Å². The van der Waals surface area contributed by atoms with Crippen LogP contribution < -0.4 is 10.6 Å². The van der Waals surface area contributed by atoms with E-state index >= 15 is 0 Å². The highest BCUT2D eigenvalue weighted by Crippen LogP contribution is 2.30. The molecule has 1 aliphatic rings. The molecule has 20 heavy (non-hydrogen) atoms. The summed E-state index contributed by atoms with van der Waals surface area (Å²) in [7, 11) is 0. The van der Waals surface area contributed by atoms with Gasteiger partial charge in [-0.2, -0.15) is 0 Å². The van der Waals surface area contributed by atoms with Crippen molar-refractivity contribution in [2.45, 2.75) is 13.0 Å². The van der Waals surface area contributed by atoms with Gasteiger partial charge >= 0.3 is 0 Å². The van der Waals surface area contributed by atoms with Crippen LogP contribution in [-0.2, 0) is 4.74 Å². The Kier molecular flexibility index (Phi) is 3.32. The summed E-state index contributed by atoms with van der Waals surface area (Å²) in [5.41, 5.74) is 7.67. The summed E-state index contributed by atoms with van der Waals surface area (Å²) in [6.45, 7) is 4.64. The van der Waals surface area contributed by atoms with Crippen LogP contribution in [0.25, 0.3) is 10.8 Å². The zero-order valence-electron chi connectivity index (χ0n) is 11.6. The van der Waals surface area contributed by atoms with Crippen molar-refractivity contribution in [2.24, 2.45) is 5.73 Å². The zero-order chi connectivity index (χ0) is 14.1. The average Bonchev–Trinajstić information content (AvgIpc) is 2.46. The van der Waals surface area contributed by atoms with E-state index in [0.29, 0.717) is 0 Å². The standard InChI is InChI=1S/C16H19N3O/c1-11-10-19(8-9-20-11)15-7-6-14(16(17)18)12-4-2-3-5-13(12)15/h2-7,11H,8-10H2,1H3,(H3,17,18). The molecule has 4 nitrogen and oxygen atoms in total. The second-order valence-electron chi connectivity index (χ2n) is 5.22. The van der Waals surface area contributed by atoms with Crippen LogP contribution in [0.2, 0.25) is 0 Å². The first kappa shape index (κ1) is 12.9. The van der Waals surface area contributed by atoms with E-state index in [1.807, 2.05) is 24.3 Å². The van der Waals surface area contributed by atoms with E-state index < -0.39 is 0 Å². The van der Waals surface area contributed by atoms with Crippen LogP contribution in [0.3, 0.4) is 0 Å². The highest BCUT2D eigenvalue weighted by molar-refractivity contribution is 6.10. The van der Waals surface area contributed by atoms with Gasteiger partial charge in [-0.1, -0.05) is 24.3 Å². The van der Waals surface area contributed by atoms with Gasteiger partial charge in [0.1, 0.15) is 5.84 Å². The number of fused-ring (bicyclic) bond motifs is 1. The first-order valence-corrected chi connectivity index (χ1v) is 6.89. The van der Waals surface area contributed by atoms with E-state index in [0.717, 1.165) is 36.0 Å². The zero-order valence-corrected chi connectivity index (χ0v) is 11.6. The maximum Gasteiger partial charge on any atom is 0.123 e. The van der Waals surface area contributed by atoms with Crippen molar-refractivity contribution in [2.75, 3.05) is 24.6 Å². The molecule has 104 valence electrons. The number of nitrogens with one attached hydrogen (secondary N) is 1. The Bertz CT molecular complexity index is 653. The Labute approximate surface area is 118 Å².